The Balaban J connectivity index is 2.48. The van der Waals surface area contributed by atoms with Gasteiger partial charge in [0.1, 0.15) is 0 Å². The highest BCUT2D eigenvalue weighted by Gasteiger charge is 2.20. The van der Waals surface area contributed by atoms with E-state index in [2.05, 4.69) is 44.3 Å². The maximum atomic E-state index is 5.81. The molecule has 0 heterocycles. The summed E-state index contributed by atoms with van der Waals surface area (Å²) in [6.45, 7) is 7.47. The fourth-order valence-corrected chi connectivity index (χ4v) is 3.70. The van der Waals surface area contributed by atoms with E-state index < -0.39 is 8.32 Å². The van der Waals surface area contributed by atoms with Crippen LogP contribution in [0.25, 0.3) is 0 Å². The second kappa shape index (κ2) is 6.43. The molecule has 0 saturated heterocycles. The van der Waals surface area contributed by atoms with Crippen molar-refractivity contribution in [3.05, 3.63) is 35.4 Å². The first-order chi connectivity index (χ1) is 7.57. The van der Waals surface area contributed by atoms with Gasteiger partial charge in [-0.05, 0) is 43.6 Å². The molecular weight excluding hydrogens is 236 g/mol. The lowest BCUT2D eigenvalue weighted by molar-refractivity contribution is 0.329. The van der Waals surface area contributed by atoms with Gasteiger partial charge in [0.15, 0.2) is 8.32 Å². The smallest absolute Gasteiger partial charge is 0.187 e. The van der Waals surface area contributed by atoms with Gasteiger partial charge in [-0.1, -0.05) is 24.3 Å². The molecule has 0 radical (unpaired) electrons. The van der Waals surface area contributed by atoms with Crippen LogP contribution in [0.2, 0.25) is 19.1 Å². The SMILES string of the molecule is CCO[Si](C)(C)CCc1ccc(CCl)cc1. The summed E-state index contributed by atoms with van der Waals surface area (Å²) in [5, 5.41) is 0. The number of aryl methyl sites for hydroxylation is 1. The van der Waals surface area contributed by atoms with Gasteiger partial charge < -0.3 is 4.43 Å². The lowest BCUT2D eigenvalue weighted by Crippen LogP contribution is -2.30. The fraction of sp³-hybridized carbons (Fsp3) is 0.538. The van der Waals surface area contributed by atoms with Gasteiger partial charge in [-0.2, -0.15) is 0 Å². The topological polar surface area (TPSA) is 9.23 Å². The van der Waals surface area contributed by atoms with E-state index in [4.69, 9.17) is 16.0 Å². The van der Waals surface area contributed by atoms with Crippen LogP contribution in [0.5, 0.6) is 0 Å². The molecule has 1 rings (SSSR count). The van der Waals surface area contributed by atoms with Crippen molar-refractivity contribution in [2.24, 2.45) is 0 Å². The Morgan fingerprint density at radius 1 is 1.12 bits per heavy atom. The molecule has 0 fully saturated rings. The predicted octanol–water partition coefficient (Wildman–Crippen LogP) is 4.21. The average molecular weight is 257 g/mol. The molecule has 0 bridgehead atoms. The highest BCUT2D eigenvalue weighted by Crippen LogP contribution is 2.16. The van der Waals surface area contributed by atoms with Crippen LogP contribution in [0.15, 0.2) is 24.3 Å². The standard InChI is InChI=1S/C13H21ClOSi/c1-4-15-16(2,3)10-9-12-5-7-13(11-14)8-6-12/h5-8H,4,9-11H2,1-3H3. The van der Waals surface area contributed by atoms with Gasteiger partial charge in [0.25, 0.3) is 0 Å². The average Bonchev–Trinajstić information content (AvgIpc) is 2.27. The molecule has 1 aromatic rings. The number of alkyl halides is 1. The third-order valence-corrected chi connectivity index (χ3v) is 5.56. The molecular formula is C13H21ClOSi. The van der Waals surface area contributed by atoms with Gasteiger partial charge >= 0.3 is 0 Å². The van der Waals surface area contributed by atoms with Crippen LogP contribution in [0, 0.1) is 0 Å². The normalized spacial score (nSPS) is 11.8. The molecule has 0 aliphatic heterocycles. The summed E-state index contributed by atoms with van der Waals surface area (Å²) >= 11 is 5.76. The van der Waals surface area contributed by atoms with Gasteiger partial charge in [0.05, 0.1) is 0 Å². The number of hydrogen-bond donors (Lipinski definition) is 0. The maximum Gasteiger partial charge on any atom is 0.187 e. The first-order valence-electron chi connectivity index (χ1n) is 5.85. The van der Waals surface area contributed by atoms with Crippen molar-refractivity contribution >= 4 is 19.9 Å². The van der Waals surface area contributed by atoms with Crippen LogP contribution in [-0.2, 0) is 16.7 Å². The Bertz CT molecular complexity index is 308. The van der Waals surface area contributed by atoms with Gasteiger partial charge in [-0.15, -0.1) is 11.6 Å². The highest BCUT2D eigenvalue weighted by atomic mass is 35.5. The summed E-state index contributed by atoms with van der Waals surface area (Å²) in [6.07, 6.45) is 1.11. The minimum Gasteiger partial charge on any atom is -0.418 e. The van der Waals surface area contributed by atoms with Gasteiger partial charge in [-0.25, -0.2) is 0 Å². The maximum absolute atomic E-state index is 5.81. The Morgan fingerprint density at radius 3 is 2.19 bits per heavy atom. The van der Waals surface area contributed by atoms with Gasteiger partial charge in [0, 0.05) is 12.5 Å². The molecule has 1 nitrogen and oxygen atoms in total. The van der Waals surface area contributed by atoms with Gasteiger partial charge in [0.2, 0.25) is 0 Å². The first kappa shape index (κ1) is 13.8. The molecule has 0 N–H and O–H groups in total. The zero-order chi connectivity index (χ0) is 12.0. The lowest BCUT2D eigenvalue weighted by atomic mass is 10.1. The quantitative estimate of drug-likeness (QED) is 0.547. The van der Waals surface area contributed by atoms with Crippen molar-refractivity contribution in [3.63, 3.8) is 0 Å². The van der Waals surface area contributed by atoms with E-state index in [-0.39, 0.29) is 0 Å². The molecule has 1 aromatic carbocycles. The monoisotopic (exact) mass is 256 g/mol. The van der Waals surface area contributed by atoms with E-state index in [0.717, 1.165) is 13.0 Å². The van der Waals surface area contributed by atoms with Crippen molar-refractivity contribution in [1.82, 2.24) is 0 Å². The molecule has 0 spiro atoms. The third-order valence-electron chi connectivity index (χ3n) is 2.73. The molecule has 0 amide bonds. The predicted molar refractivity (Wildman–Crippen MR) is 73.6 cm³/mol. The molecule has 3 heteroatoms. The summed E-state index contributed by atoms with van der Waals surface area (Å²) < 4.78 is 5.81. The Morgan fingerprint density at radius 2 is 1.69 bits per heavy atom. The lowest BCUT2D eigenvalue weighted by Gasteiger charge is -2.21. The summed E-state index contributed by atoms with van der Waals surface area (Å²) in [5.41, 5.74) is 2.57. The second-order valence-electron chi connectivity index (χ2n) is 4.64. The molecule has 90 valence electrons. The molecule has 0 saturated carbocycles. The number of rotatable bonds is 6. The van der Waals surface area contributed by atoms with E-state index in [1.807, 2.05) is 0 Å². The van der Waals surface area contributed by atoms with Crippen molar-refractivity contribution in [2.45, 2.75) is 38.4 Å². The molecule has 0 atom stereocenters. The van der Waals surface area contributed by atoms with Crippen molar-refractivity contribution in [1.29, 1.82) is 0 Å². The molecule has 0 unspecified atom stereocenters. The van der Waals surface area contributed by atoms with Crippen molar-refractivity contribution in [2.75, 3.05) is 6.61 Å². The molecule has 0 aliphatic rings. The minimum atomic E-state index is -1.43. The summed E-state index contributed by atoms with van der Waals surface area (Å²) in [7, 11) is -1.43. The number of benzene rings is 1. The van der Waals surface area contributed by atoms with E-state index in [1.165, 1.54) is 17.2 Å². The molecule has 0 aliphatic carbocycles. The summed E-state index contributed by atoms with van der Waals surface area (Å²) in [5.74, 6) is 0.597. The van der Waals surface area contributed by atoms with Crippen LogP contribution >= 0.6 is 11.6 Å². The van der Waals surface area contributed by atoms with Crippen molar-refractivity contribution in [3.8, 4) is 0 Å². The second-order valence-corrected chi connectivity index (χ2v) is 9.22. The van der Waals surface area contributed by atoms with Crippen LogP contribution in [-0.4, -0.2) is 14.9 Å². The van der Waals surface area contributed by atoms with E-state index in [1.54, 1.807) is 0 Å². The Labute approximate surface area is 105 Å². The molecule has 16 heavy (non-hydrogen) atoms. The van der Waals surface area contributed by atoms with Gasteiger partial charge in [-0.3, -0.25) is 0 Å². The van der Waals surface area contributed by atoms with Crippen molar-refractivity contribution < 1.29 is 4.43 Å². The number of halogens is 1. The fourth-order valence-electron chi connectivity index (χ4n) is 1.70. The summed E-state index contributed by atoms with van der Waals surface area (Å²) in [4.78, 5) is 0. The van der Waals surface area contributed by atoms with E-state index in [9.17, 15) is 0 Å². The van der Waals surface area contributed by atoms with E-state index >= 15 is 0 Å². The Hall–Kier alpha value is -0.313. The van der Waals surface area contributed by atoms with E-state index in [0.29, 0.717) is 5.88 Å². The zero-order valence-electron chi connectivity index (χ0n) is 10.4. The highest BCUT2D eigenvalue weighted by molar-refractivity contribution is 6.71. The molecule has 0 aromatic heterocycles. The van der Waals surface area contributed by atoms with Crippen LogP contribution in [0.1, 0.15) is 18.1 Å². The van der Waals surface area contributed by atoms with Crippen LogP contribution in [0.3, 0.4) is 0 Å². The largest absolute Gasteiger partial charge is 0.418 e. The zero-order valence-corrected chi connectivity index (χ0v) is 12.2. The first-order valence-corrected chi connectivity index (χ1v) is 9.50. The van der Waals surface area contributed by atoms with Crippen LogP contribution in [0.4, 0.5) is 0 Å². The minimum absolute atomic E-state index is 0.597. The Kier molecular flexibility index (Phi) is 5.53. The third kappa shape index (κ3) is 4.68. The summed E-state index contributed by atoms with van der Waals surface area (Å²) in [6, 6.07) is 9.75. The number of hydrogen-bond acceptors (Lipinski definition) is 1. The van der Waals surface area contributed by atoms with Crippen LogP contribution < -0.4 is 0 Å².